The highest BCUT2D eigenvalue weighted by atomic mass is 35.5. The van der Waals surface area contributed by atoms with Crippen molar-refractivity contribution in [3.63, 3.8) is 0 Å². The second kappa shape index (κ2) is 6.46. The van der Waals surface area contributed by atoms with E-state index in [1.165, 1.54) is 0 Å². The average molecular weight is 302 g/mol. The lowest BCUT2D eigenvalue weighted by Gasteiger charge is -2.07. The van der Waals surface area contributed by atoms with E-state index < -0.39 is 0 Å². The monoisotopic (exact) mass is 301 g/mol. The van der Waals surface area contributed by atoms with Crippen molar-refractivity contribution in [2.24, 2.45) is 0 Å². The SMILES string of the molecule is CCCCOCCn1c(N)nc2cc(Cl)c(Cl)cc21. The molecule has 2 N–H and O–H groups in total. The lowest BCUT2D eigenvalue weighted by atomic mass is 10.3. The summed E-state index contributed by atoms with van der Waals surface area (Å²) in [6, 6.07) is 3.51. The number of anilines is 1. The molecule has 0 radical (unpaired) electrons. The summed E-state index contributed by atoms with van der Waals surface area (Å²) < 4.78 is 7.43. The van der Waals surface area contributed by atoms with Crippen molar-refractivity contribution in [2.75, 3.05) is 18.9 Å². The van der Waals surface area contributed by atoms with Gasteiger partial charge in [0.1, 0.15) is 0 Å². The molecule has 0 unspecified atom stereocenters. The van der Waals surface area contributed by atoms with Crippen molar-refractivity contribution in [1.82, 2.24) is 9.55 Å². The molecule has 4 nitrogen and oxygen atoms in total. The summed E-state index contributed by atoms with van der Waals surface area (Å²) in [4.78, 5) is 4.27. The van der Waals surface area contributed by atoms with Gasteiger partial charge in [-0.25, -0.2) is 4.98 Å². The van der Waals surface area contributed by atoms with Crippen LogP contribution in [0, 0.1) is 0 Å². The van der Waals surface area contributed by atoms with Gasteiger partial charge < -0.3 is 15.0 Å². The highest BCUT2D eigenvalue weighted by Crippen LogP contribution is 2.28. The topological polar surface area (TPSA) is 53.1 Å². The number of nitrogen functional groups attached to an aromatic ring is 1. The Morgan fingerprint density at radius 1 is 1.26 bits per heavy atom. The Kier molecular flexibility index (Phi) is 4.91. The van der Waals surface area contributed by atoms with E-state index in [2.05, 4.69) is 11.9 Å². The second-order valence-corrected chi connectivity index (χ2v) is 5.16. The van der Waals surface area contributed by atoms with E-state index in [9.17, 15) is 0 Å². The van der Waals surface area contributed by atoms with E-state index in [1.54, 1.807) is 12.1 Å². The summed E-state index contributed by atoms with van der Waals surface area (Å²) in [5.41, 5.74) is 7.54. The van der Waals surface area contributed by atoms with E-state index in [0.29, 0.717) is 29.1 Å². The fourth-order valence-electron chi connectivity index (χ4n) is 1.88. The van der Waals surface area contributed by atoms with E-state index in [0.717, 1.165) is 30.5 Å². The number of nitrogens with zero attached hydrogens (tertiary/aromatic N) is 2. The molecule has 0 spiro atoms. The van der Waals surface area contributed by atoms with E-state index >= 15 is 0 Å². The number of hydrogen-bond donors (Lipinski definition) is 1. The number of imidazole rings is 1. The van der Waals surface area contributed by atoms with Crippen LogP contribution in [-0.2, 0) is 11.3 Å². The van der Waals surface area contributed by atoms with Crippen LogP contribution in [0.2, 0.25) is 10.0 Å². The van der Waals surface area contributed by atoms with Crippen molar-refractivity contribution >= 4 is 40.2 Å². The van der Waals surface area contributed by atoms with Crippen LogP contribution in [-0.4, -0.2) is 22.8 Å². The lowest BCUT2D eigenvalue weighted by molar-refractivity contribution is 0.124. The summed E-state index contributed by atoms with van der Waals surface area (Å²) in [5, 5.41) is 0.986. The van der Waals surface area contributed by atoms with Gasteiger partial charge in [0.25, 0.3) is 0 Å². The molecule has 0 saturated carbocycles. The smallest absolute Gasteiger partial charge is 0.201 e. The number of aromatic nitrogens is 2. The number of nitrogens with two attached hydrogens (primary N) is 1. The van der Waals surface area contributed by atoms with Crippen LogP contribution in [0.1, 0.15) is 19.8 Å². The first-order valence-corrected chi connectivity index (χ1v) is 7.07. The number of rotatable bonds is 6. The molecule has 6 heteroatoms. The van der Waals surface area contributed by atoms with Gasteiger partial charge in [-0.3, -0.25) is 0 Å². The molecule has 1 heterocycles. The minimum atomic E-state index is 0.451. The molecule has 0 aliphatic carbocycles. The molecular weight excluding hydrogens is 285 g/mol. The number of fused-ring (bicyclic) bond motifs is 1. The maximum absolute atomic E-state index is 6.03. The summed E-state index contributed by atoms with van der Waals surface area (Å²) in [7, 11) is 0. The number of unbranched alkanes of at least 4 members (excludes halogenated alkanes) is 1. The zero-order valence-electron chi connectivity index (χ0n) is 10.8. The maximum Gasteiger partial charge on any atom is 0.201 e. The van der Waals surface area contributed by atoms with Crippen LogP contribution in [0.3, 0.4) is 0 Å². The average Bonchev–Trinajstić information content (AvgIpc) is 2.66. The highest BCUT2D eigenvalue weighted by molar-refractivity contribution is 6.42. The Balaban J connectivity index is 2.13. The third-order valence-corrected chi connectivity index (χ3v) is 3.64. The Morgan fingerprint density at radius 2 is 2.00 bits per heavy atom. The summed E-state index contributed by atoms with van der Waals surface area (Å²) in [5.74, 6) is 0.451. The molecule has 19 heavy (non-hydrogen) atoms. The largest absolute Gasteiger partial charge is 0.380 e. The molecule has 0 atom stereocenters. The van der Waals surface area contributed by atoms with Crippen LogP contribution >= 0.6 is 23.2 Å². The zero-order valence-corrected chi connectivity index (χ0v) is 12.3. The molecule has 2 rings (SSSR count). The summed E-state index contributed by atoms with van der Waals surface area (Å²) in [6.45, 7) is 4.17. The van der Waals surface area contributed by atoms with Crippen molar-refractivity contribution in [3.05, 3.63) is 22.2 Å². The van der Waals surface area contributed by atoms with Crippen LogP contribution in [0.5, 0.6) is 0 Å². The lowest BCUT2D eigenvalue weighted by Crippen LogP contribution is -2.09. The molecule has 0 fully saturated rings. The predicted molar refractivity (Wildman–Crippen MR) is 79.9 cm³/mol. The fraction of sp³-hybridized carbons (Fsp3) is 0.462. The maximum atomic E-state index is 6.03. The Bertz CT molecular complexity index is 569. The predicted octanol–water partition coefficient (Wildman–Crippen LogP) is 3.74. The first kappa shape index (κ1) is 14.4. The Hall–Kier alpha value is -0.970. The second-order valence-electron chi connectivity index (χ2n) is 4.34. The van der Waals surface area contributed by atoms with Gasteiger partial charge in [-0.15, -0.1) is 0 Å². The minimum Gasteiger partial charge on any atom is -0.380 e. The van der Waals surface area contributed by atoms with Gasteiger partial charge in [0, 0.05) is 13.2 Å². The van der Waals surface area contributed by atoms with Gasteiger partial charge in [-0.2, -0.15) is 0 Å². The van der Waals surface area contributed by atoms with Gasteiger partial charge in [-0.05, 0) is 18.6 Å². The van der Waals surface area contributed by atoms with Gasteiger partial charge in [0.15, 0.2) is 0 Å². The minimum absolute atomic E-state index is 0.451. The van der Waals surface area contributed by atoms with Crippen molar-refractivity contribution in [1.29, 1.82) is 0 Å². The molecule has 0 aliphatic rings. The first-order chi connectivity index (χ1) is 9.13. The van der Waals surface area contributed by atoms with Crippen molar-refractivity contribution < 1.29 is 4.74 Å². The van der Waals surface area contributed by atoms with E-state index in [1.807, 2.05) is 4.57 Å². The quantitative estimate of drug-likeness (QED) is 0.827. The number of benzene rings is 1. The number of ether oxygens (including phenoxy) is 1. The molecule has 2 aromatic rings. The van der Waals surface area contributed by atoms with Gasteiger partial charge >= 0.3 is 0 Å². The Labute approximate surface area is 122 Å². The van der Waals surface area contributed by atoms with Gasteiger partial charge in [-0.1, -0.05) is 36.5 Å². The zero-order chi connectivity index (χ0) is 13.8. The summed E-state index contributed by atoms with van der Waals surface area (Å²) >= 11 is 12.0. The molecule has 0 amide bonds. The first-order valence-electron chi connectivity index (χ1n) is 6.32. The molecular formula is C13H17Cl2N3O. The number of halogens is 2. The molecule has 1 aromatic heterocycles. The summed E-state index contributed by atoms with van der Waals surface area (Å²) in [6.07, 6.45) is 2.20. The molecule has 1 aromatic carbocycles. The third-order valence-electron chi connectivity index (χ3n) is 2.92. The van der Waals surface area contributed by atoms with Crippen LogP contribution < -0.4 is 5.73 Å². The van der Waals surface area contributed by atoms with Crippen LogP contribution in [0.4, 0.5) is 5.95 Å². The van der Waals surface area contributed by atoms with E-state index in [4.69, 9.17) is 33.7 Å². The van der Waals surface area contributed by atoms with Crippen LogP contribution in [0.15, 0.2) is 12.1 Å². The Morgan fingerprint density at radius 3 is 2.74 bits per heavy atom. The van der Waals surface area contributed by atoms with Gasteiger partial charge in [0.2, 0.25) is 5.95 Å². The van der Waals surface area contributed by atoms with Crippen molar-refractivity contribution in [3.8, 4) is 0 Å². The van der Waals surface area contributed by atoms with Gasteiger partial charge in [0.05, 0.1) is 27.7 Å². The van der Waals surface area contributed by atoms with Crippen LogP contribution in [0.25, 0.3) is 11.0 Å². The normalized spacial score (nSPS) is 11.3. The fourth-order valence-corrected chi connectivity index (χ4v) is 2.19. The molecule has 0 aliphatic heterocycles. The highest BCUT2D eigenvalue weighted by Gasteiger charge is 2.10. The standard InChI is InChI=1S/C13H17Cl2N3O/c1-2-3-5-19-6-4-18-12-8-10(15)9(14)7-11(12)17-13(18)16/h7-8H,2-6H2,1H3,(H2,16,17). The van der Waals surface area contributed by atoms with Crippen molar-refractivity contribution in [2.45, 2.75) is 26.3 Å². The van der Waals surface area contributed by atoms with E-state index in [-0.39, 0.29) is 0 Å². The molecule has 0 bridgehead atoms. The molecule has 104 valence electrons. The number of hydrogen-bond acceptors (Lipinski definition) is 3. The molecule has 0 saturated heterocycles. The third kappa shape index (κ3) is 3.32.